The summed E-state index contributed by atoms with van der Waals surface area (Å²) < 4.78 is 1.78. The molecule has 0 saturated heterocycles. The highest BCUT2D eigenvalue weighted by Crippen LogP contribution is 2.14. The van der Waals surface area contributed by atoms with Crippen molar-refractivity contribution in [3.8, 4) is 5.69 Å². The zero-order chi connectivity index (χ0) is 20.0. The van der Waals surface area contributed by atoms with E-state index in [1.165, 1.54) is 24.3 Å². The van der Waals surface area contributed by atoms with Crippen molar-refractivity contribution in [1.29, 1.82) is 0 Å². The number of aromatic nitrogens is 2. The summed E-state index contributed by atoms with van der Waals surface area (Å²) in [7, 11) is 0. The largest absolute Gasteiger partial charge is 0.478 e. The van der Waals surface area contributed by atoms with Crippen LogP contribution < -0.4 is 0 Å². The van der Waals surface area contributed by atoms with Crippen LogP contribution in [0.3, 0.4) is 0 Å². The number of non-ortho nitro benzene ring substituents is 1. The maximum absolute atomic E-state index is 10.6. The summed E-state index contributed by atoms with van der Waals surface area (Å²) in [5.41, 5.74) is 1.52. The molecule has 1 aromatic heterocycles. The van der Waals surface area contributed by atoms with E-state index in [1.54, 1.807) is 42.3 Å². The minimum atomic E-state index is -1.12. The first kappa shape index (κ1) is 19.3. The number of aromatic carboxylic acids is 2. The third kappa shape index (κ3) is 4.98. The molecule has 0 aliphatic heterocycles. The quantitative estimate of drug-likeness (QED) is 0.532. The zero-order valence-corrected chi connectivity index (χ0v) is 14.1. The van der Waals surface area contributed by atoms with Crippen LogP contribution in [0.5, 0.6) is 0 Å². The average molecular weight is 369 g/mol. The number of carboxylic acid groups (broad SMARTS) is 2. The van der Waals surface area contributed by atoms with Gasteiger partial charge >= 0.3 is 11.9 Å². The third-order valence-corrected chi connectivity index (χ3v) is 3.58. The Bertz CT molecular complexity index is 965. The Morgan fingerprint density at radius 3 is 2.22 bits per heavy atom. The van der Waals surface area contributed by atoms with E-state index < -0.39 is 16.9 Å². The first-order chi connectivity index (χ1) is 12.8. The van der Waals surface area contributed by atoms with Gasteiger partial charge in [-0.05, 0) is 36.8 Å². The van der Waals surface area contributed by atoms with Crippen molar-refractivity contribution in [1.82, 2.24) is 9.55 Å². The van der Waals surface area contributed by atoms with Crippen LogP contribution in [0.1, 0.15) is 26.3 Å². The van der Waals surface area contributed by atoms with E-state index in [-0.39, 0.29) is 16.8 Å². The third-order valence-electron chi connectivity index (χ3n) is 3.58. The molecule has 9 heteroatoms. The van der Waals surface area contributed by atoms with Gasteiger partial charge in [0.15, 0.2) is 0 Å². The first-order valence-electron chi connectivity index (χ1n) is 7.59. The second-order valence-corrected chi connectivity index (χ2v) is 5.38. The van der Waals surface area contributed by atoms with E-state index in [2.05, 4.69) is 4.98 Å². The van der Waals surface area contributed by atoms with Gasteiger partial charge in [-0.1, -0.05) is 6.07 Å². The van der Waals surface area contributed by atoms with Gasteiger partial charge in [-0.15, -0.1) is 0 Å². The maximum atomic E-state index is 10.6. The Morgan fingerprint density at radius 1 is 1.07 bits per heavy atom. The number of aryl methyl sites for hydroxylation is 1. The molecule has 2 aromatic carbocycles. The van der Waals surface area contributed by atoms with Crippen molar-refractivity contribution in [2.24, 2.45) is 0 Å². The number of nitrogens with zero attached hydrogens (tertiary/aromatic N) is 3. The topological polar surface area (TPSA) is 136 Å². The van der Waals surface area contributed by atoms with Gasteiger partial charge in [0.05, 0.1) is 22.4 Å². The Kier molecular flexibility index (Phi) is 6.00. The van der Waals surface area contributed by atoms with Crippen LogP contribution in [0.15, 0.2) is 61.2 Å². The standard InChI is InChI=1S/C9H7N3O2.C9H8O4/c13-12(14)9-3-1-8(2-4-9)11-6-5-10-7-11;1-5-2-3-6(8(10)11)4-7(5)9(12)13/h1-7H;2-4H,1H3,(H,10,11)(H,12,13). The molecule has 0 spiro atoms. The minimum absolute atomic E-state index is 0.0111. The molecule has 1 heterocycles. The highest BCUT2D eigenvalue weighted by molar-refractivity contribution is 5.94. The number of hydrogen-bond acceptors (Lipinski definition) is 5. The normalized spacial score (nSPS) is 9.81. The van der Waals surface area contributed by atoms with Crippen LogP contribution in [0.25, 0.3) is 5.69 Å². The molecule has 0 aliphatic carbocycles. The molecule has 27 heavy (non-hydrogen) atoms. The number of carboxylic acids is 2. The number of rotatable bonds is 4. The van der Waals surface area contributed by atoms with Gasteiger partial charge in [-0.2, -0.15) is 0 Å². The molecule has 0 atom stereocenters. The Hall–Kier alpha value is -4.01. The van der Waals surface area contributed by atoms with Gasteiger partial charge in [-0.25, -0.2) is 14.6 Å². The summed E-state index contributed by atoms with van der Waals surface area (Å²) in [4.78, 5) is 34.9. The fourth-order valence-electron chi connectivity index (χ4n) is 2.14. The van der Waals surface area contributed by atoms with Crippen LogP contribution in [0.2, 0.25) is 0 Å². The lowest BCUT2D eigenvalue weighted by Crippen LogP contribution is -2.03. The first-order valence-corrected chi connectivity index (χ1v) is 7.59. The van der Waals surface area contributed by atoms with Gasteiger partial charge in [-0.3, -0.25) is 10.1 Å². The van der Waals surface area contributed by atoms with Crippen LogP contribution >= 0.6 is 0 Å². The summed E-state index contributed by atoms with van der Waals surface area (Å²) in [6.07, 6.45) is 5.07. The SMILES string of the molecule is Cc1ccc(C(=O)O)cc1C(=O)O.O=[N+]([O-])c1ccc(-n2ccnc2)cc1. The van der Waals surface area contributed by atoms with Gasteiger partial charge in [0.25, 0.3) is 5.69 Å². The van der Waals surface area contributed by atoms with Gasteiger partial charge in [0.2, 0.25) is 0 Å². The monoisotopic (exact) mass is 369 g/mol. The zero-order valence-electron chi connectivity index (χ0n) is 14.1. The molecule has 138 valence electrons. The summed E-state index contributed by atoms with van der Waals surface area (Å²) in [5, 5.41) is 27.7. The van der Waals surface area contributed by atoms with Gasteiger partial charge in [0, 0.05) is 30.2 Å². The molecule has 0 aliphatic rings. The molecule has 3 aromatic rings. The summed E-state index contributed by atoms with van der Waals surface area (Å²) >= 11 is 0. The van der Waals surface area contributed by atoms with E-state index >= 15 is 0 Å². The van der Waals surface area contributed by atoms with Crippen LogP contribution in [-0.2, 0) is 0 Å². The van der Waals surface area contributed by atoms with Crippen molar-refractivity contribution in [2.75, 3.05) is 0 Å². The fraction of sp³-hybridized carbons (Fsp3) is 0.0556. The second-order valence-electron chi connectivity index (χ2n) is 5.38. The molecule has 2 N–H and O–H groups in total. The molecule has 9 nitrogen and oxygen atoms in total. The predicted octanol–water partition coefficient (Wildman–Crippen LogP) is 3.17. The van der Waals surface area contributed by atoms with Crippen molar-refractivity contribution >= 4 is 17.6 Å². The minimum Gasteiger partial charge on any atom is -0.478 e. The predicted molar refractivity (Wildman–Crippen MR) is 95.3 cm³/mol. The van der Waals surface area contributed by atoms with Crippen molar-refractivity contribution in [3.05, 3.63) is 88.0 Å². The summed E-state index contributed by atoms with van der Waals surface area (Å²) in [6, 6.07) is 10.3. The molecule has 0 amide bonds. The number of imidazole rings is 1. The number of benzene rings is 2. The lowest BCUT2D eigenvalue weighted by Gasteiger charge is -2.01. The summed E-state index contributed by atoms with van der Waals surface area (Å²) in [5.74, 6) is -2.23. The van der Waals surface area contributed by atoms with E-state index in [0.717, 1.165) is 11.8 Å². The van der Waals surface area contributed by atoms with Crippen molar-refractivity contribution in [3.63, 3.8) is 0 Å². The Labute approximate surface area is 153 Å². The number of hydrogen-bond donors (Lipinski definition) is 2. The van der Waals surface area contributed by atoms with Crippen LogP contribution in [0, 0.1) is 17.0 Å². The van der Waals surface area contributed by atoms with Crippen molar-refractivity contribution in [2.45, 2.75) is 6.92 Å². The fourth-order valence-corrected chi connectivity index (χ4v) is 2.14. The lowest BCUT2D eigenvalue weighted by atomic mass is 10.1. The van der Waals surface area contributed by atoms with Crippen LogP contribution in [0.4, 0.5) is 5.69 Å². The van der Waals surface area contributed by atoms with E-state index in [4.69, 9.17) is 10.2 Å². The molecule has 0 saturated carbocycles. The molecule has 0 bridgehead atoms. The van der Waals surface area contributed by atoms with E-state index in [0.29, 0.717) is 5.56 Å². The second kappa shape index (κ2) is 8.39. The molecular weight excluding hydrogens is 354 g/mol. The van der Waals surface area contributed by atoms with Crippen LogP contribution in [-0.4, -0.2) is 36.6 Å². The number of nitro groups is 1. The van der Waals surface area contributed by atoms with Crippen molar-refractivity contribution < 1.29 is 24.7 Å². The highest BCUT2D eigenvalue weighted by atomic mass is 16.6. The highest BCUT2D eigenvalue weighted by Gasteiger charge is 2.10. The lowest BCUT2D eigenvalue weighted by molar-refractivity contribution is -0.384. The maximum Gasteiger partial charge on any atom is 0.335 e. The molecule has 0 unspecified atom stereocenters. The molecule has 0 radical (unpaired) electrons. The van der Waals surface area contributed by atoms with Gasteiger partial charge in [0.1, 0.15) is 0 Å². The number of nitro benzene ring substituents is 1. The Balaban J connectivity index is 0.000000194. The van der Waals surface area contributed by atoms with E-state index in [1.807, 2.05) is 0 Å². The molecular formula is C18H15N3O6. The molecule has 0 fully saturated rings. The smallest absolute Gasteiger partial charge is 0.335 e. The Morgan fingerprint density at radius 2 is 1.74 bits per heavy atom. The number of carbonyl (C=O) groups is 2. The van der Waals surface area contributed by atoms with E-state index in [9.17, 15) is 19.7 Å². The average Bonchev–Trinajstić information content (AvgIpc) is 3.17. The van der Waals surface area contributed by atoms with Gasteiger partial charge < -0.3 is 14.8 Å². The molecule has 3 rings (SSSR count). The summed E-state index contributed by atoms with van der Waals surface area (Å²) in [6.45, 7) is 1.62.